The summed E-state index contributed by atoms with van der Waals surface area (Å²) < 4.78 is 28.6. The third kappa shape index (κ3) is 3.66. The van der Waals surface area contributed by atoms with Gasteiger partial charge in [0.1, 0.15) is 12.2 Å². The second-order valence-electron chi connectivity index (χ2n) is 4.68. The SMILES string of the molecule is CCC(O)c1cccc(S(=O)(=O)NCc2nncn2C)c1. The molecule has 0 radical (unpaired) electrons. The van der Waals surface area contributed by atoms with Gasteiger partial charge in [0.15, 0.2) is 0 Å². The van der Waals surface area contributed by atoms with E-state index in [-0.39, 0.29) is 11.4 Å². The third-order valence-corrected chi connectivity index (χ3v) is 4.56. The molecule has 7 nitrogen and oxygen atoms in total. The zero-order valence-electron chi connectivity index (χ0n) is 11.9. The van der Waals surface area contributed by atoms with Crippen LogP contribution in [0.1, 0.15) is 30.8 Å². The average molecular weight is 310 g/mol. The lowest BCUT2D eigenvalue weighted by atomic mass is 10.1. The number of aromatic nitrogens is 3. The van der Waals surface area contributed by atoms with Crippen LogP contribution in [0, 0.1) is 0 Å². The molecule has 1 unspecified atom stereocenters. The van der Waals surface area contributed by atoms with Crippen LogP contribution >= 0.6 is 0 Å². The van der Waals surface area contributed by atoms with Crippen molar-refractivity contribution in [2.24, 2.45) is 7.05 Å². The van der Waals surface area contributed by atoms with E-state index in [4.69, 9.17) is 0 Å². The summed E-state index contributed by atoms with van der Waals surface area (Å²) >= 11 is 0. The molecule has 0 aliphatic rings. The van der Waals surface area contributed by atoms with Crippen molar-refractivity contribution in [1.82, 2.24) is 19.5 Å². The van der Waals surface area contributed by atoms with Crippen LogP contribution in [0.15, 0.2) is 35.5 Å². The smallest absolute Gasteiger partial charge is 0.240 e. The van der Waals surface area contributed by atoms with Crippen LogP contribution in [-0.2, 0) is 23.6 Å². The summed E-state index contributed by atoms with van der Waals surface area (Å²) in [7, 11) is -1.92. The Hall–Kier alpha value is -1.77. The van der Waals surface area contributed by atoms with E-state index >= 15 is 0 Å². The minimum Gasteiger partial charge on any atom is -0.388 e. The van der Waals surface area contributed by atoms with Gasteiger partial charge in [0, 0.05) is 7.05 Å². The molecule has 0 fully saturated rings. The molecule has 2 N–H and O–H groups in total. The number of aliphatic hydroxyl groups is 1. The van der Waals surface area contributed by atoms with Crippen molar-refractivity contribution in [3.8, 4) is 0 Å². The van der Waals surface area contributed by atoms with Crippen LogP contribution in [-0.4, -0.2) is 28.3 Å². The molecule has 21 heavy (non-hydrogen) atoms. The Kier molecular flexibility index (Phi) is 4.71. The molecule has 8 heteroatoms. The standard InChI is InChI=1S/C13H18N4O3S/c1-3-12(18)10-5-4-6-11(7-10)21(19,20)15-8-13-16-14-9-17(13)2/h4-7,9,12,15,18H,3,8H2,1-2H3. The van der Waals surface area contributed by atoms with Gasteiger partial charge in [-0.25, -0.2) is 13.1 Å². The van der Waals surface area contributed by atoms with Gasteiger partial charge in [-0.1, -0.05) is 19.1 Å². The van der Waals surface area contributed by atoms with Crippen molar-refractivity contribution in [1.29, 1.82) is 0 Å². The van der Waals surface area contributed by atoms with Gasteiger partial charge in [-0.2, -0.15) is 0 Å². The van der Waals surface area contributed by atoms with Gasteiger partial charge < -0.3 is 9.67 Å². The van der Waals surface area contributed by atoms with E-state index in [0.29, 0.717) is 17.8 Å². The quantitative estimate of drug-likeness (QED) is 0.820. The van der Waals surface area contributed by atoms with Crippen LogP contribution in [0.25, 0.3) is 0 Å². The number of nitrogens with one attached hydrogen (secondary N) is 1. The highest BCUT2D eigenvalue weighted by Gasteiger charge is 2.16. The highest BCUT2D eigenvalue weighted by molar-refractivity contribution is 7.89. The molecule has 0 aliphatic carbocycles. The maximum absolute atomic E-state index is 12.3. The van der Waals surface area contributed by atoms with Gasteiger partial charge in [-0.05, 0) is 24.1 Å². The lowest BCUT2D eigenvalue weighted by Crippen LogP contribution is -2.25. The van der Waals surface area contributed by atoms with E-state index in [9.17, 15) is 13.5 Å². The summed E-state index contributed by atoms with van der Waals surface area (Å²) in [6, 6.07) is 6.29. The zero-order chi connectivity index (χ0) is 15.5. The molecular formula is C13H18N4O3S. The molecule has 1 aromatic heterocycles. The van der Waals surface area contributed by atoms with Crippen LogP contribution < -0.4 is 4.72 Å². The molecule has 0 saturated heterocycles. The van der Waals surface area contributed by atoms with Gasteiger partial charge >= 0.3 is 0 Å². The first-order valence-corrected chi connectivity index (χ1v) is 8.03. The van der Waals surface area contributed by atoms with E-state index in [0.717, 1.165) is 0 Å². The number of sulfonamides is 1. The highest BCUT2D eigenvalue weighted by Crippen LogP contribution is 2.19. The maximum atomic E-state index is 12.3. The molecule has 1 heterocycles. The lowest BCUT2D eigenvalue weighted by molar-refractivity contribution is 0.173. The van der Waals surface area contributed by atoms with Gasteiger partial charge in [0.25, 0.3) is 0 Å². The molecule has 2 aromatic rings. The van der Waals surface area contributed by atoms with E-state index in [1.54, 1.807) is 23.7 Å². The van der Waals surface area contributed by atoms with Gasteiger partial charge in [-0.15, -0.1) is 10.2 Å². The number of aryl methyl sites for hydroxylation is 1. The normalized spacial score (nSPS) is 13.3. The van der Waals surface area contributed by atoms with Gasteiger partial charge in [0.05, 0.1) is 17.5 Å². The van der Waals surface area contributed by atoms with E-state index in [1.165, 1.54) is 18.5 Å². The summed E-state index contributed by atoms with van der Waals surface area (Å²) in [4.78, 5) is 0.120. The summed E-state index contributed by atoms with van der Waals surface area (Å²) in [6.07, 6.45) is 1.36. The van der Waals surface area contributed by atoms with Crippen molar-refractivity contribution < 1.29 is 13.5 Å². The van der Waals surface area contributed by atoms with Crippen molar-refractivity contribution in [2.45, 2.75) is 30.9 Å². The molecule has 0 spiro atoms. The third-order valence-electron chi connectivity index (χ3n) is 3.17. The first kappa shape index (κ1) is 15.6. The molecule has 0 aliphatic heterocycles. The Bertz CT molecular complexity index is 712. The van der Waals surface area contributed by atoms with E-state index in [2.05, 4.69) is 14.9 Å². The minimum atomic E-state index is -3.66. The second-order valence-corrected chi connectivity index (χ2v) is 6.45. The fraction of sp³-hybridized carbons (Fsp3) is 0.385. The van der Waals surface area contributed by atoms with Crippen LogP contribution in [0.2, 0.25) is 0 Å². The van der Waals surface area contributed by atoms with E-state index in [1.807, 2.05) is 6.92 Å². The lowest BCUT2D eigenvalue weighted by Gasteiger charge is -2.11. The fourth-order valence-electron chi connectivity index (χ4n) is 1.83. The number of rotatable bonds is 6. The molecule has 0 saturated carbocycles. The Labute approximate surface area is 123 Å². The second kappa shape index (κ2) is 6.33. The van der Waals surface area contributed by atoms with Crippen molar-refractivity contribution >= 4 is 10.0 Å². The van der Waals surface area contributed by atoms with Crippen LogP contribution in [0.4, 0.5) is 0 Å². The molecule has 114 valence electrons. The number of aliphatic hydroxyl groups excluding tert-OH is 1. The van der Waals surface area contributed by atoms with Crippen LogP contribution in [0.3, 0.4) is 0 Å². The molecule has 2 rings (SSSR count). The average Bonchev–Trinajstić information content (AvgIpc) is 2.90. The van der Waals surface area contributed by atoms with Gasteiger partial charge in [-0.3, -0.25) is 0 Å². The Balaban J connectivity index is 2.18. The number of nitrogens with zero attached hydrogens (tertiary/aromatic N) is 3. The molecule has 1 atom stereocenters. The topological polar surface area (TPSA) is 97.1 Å². The zero-order valence-corrected chi connectivity index (χ0v) is 12.7. The van der Waals surface area contributed by atoms with Gasteiger partial charge in [0.2, 0.25) is 10.0 Å². The summed E-state index contributed by atoms with van der Waals surface area (Å²) in [5.41, 5.74) is 0.582. The monoisotopic (exact) mass is 310 g/mol. The minimum absolute atomic E-state index is 0.0550. The molecular weight excluding hydrogens is 292 g/mol. The first-order chi connectivity index (χ1) is 9.94. The van der Waals surface area contributed by atoms with Crippen molar-refractivity contribution in [3.63, 3.8) is 0 Å². The molecule has 0 amide bonds. The fourth-order valence-corrected chi connectivity index (χ4v) is 2.87. The molecule has 0 bridgehead atoms. The molecule has 1 aromatic carbocycles. The predicted molar refractivity (Wildman–Crippen MR) is 76.7 cm³/mol. The number of hydrogen-bond acceptors (Lipinski definition) is 5. The highest BCUT2D eigenvalue weighted by atomic mass is 32.2. The summed E-state index contributed by atoms with van der Waals surface area (Å²) in [5.74, 6) is 0.517. The van der Waals surface area contributed by atoms with Crippen molar-refractivity contribution in [3.05, 3.63) is 42.0 Å². The Morgan fingerprint density at radius 1 is 1.43 bits per heavy atom. The largest absolute Gasteiger partial charge is 0.388 e. The summed E-state index contributed by atoms with van der Waals surface area (Å²) in [6.45, 7) is 1.89. The summed E-state index contributed by atoms with van der Waals surface area (Å²) in [5, 5.41) is 17.3. The predicted octanol–water partition coefficient (Wildman–Crippen LogP) is 0.737. The van der Waals surface area contributed by atoms with Crippen molar-refractivity contribution in [2.75, 3.05) is 0 Å². The van der Waals surface area contributed by atoms with E-state index < -0.39 is 16.1 Å². The number of hydrogen-bond donors (Lipinski definition) is 2. The van der Waals surface area contributed by atoms with Crippen LogP contribution in [0.5, 0.6) is 0 Å². The maximum Gasteiger partial charge on any atom is 0.240 e. The Morgan fingerprint density at radius 3 is 2.81 bits per heavy atom. The first-order valence-electron chi connectivity index (χ1n) is 6.54. The Morgan fingerprint density at radius 2 is 2.19 bits per heavy atom. The number of benzene rings is 1.